The first-order chi connectivity index (χ1) is 9.56. The first-order valence-electron chi connectivity index (χ1n) is 6.56. The number of nitrogens with one attached hydrogen (secondary N) is 1. The molecule has 1 N–H and O–H groups in total. The molecule has 0 spiro atoms. The topological polar surface area (TPSA) is 29.1 Å². The molecule has 0 saturated carbocycles. The summed E-state index contributed by atoms with van der Waals surface area (Å²) in [6.45, 7) is 6.93. The van der Waals surface area contributed by atoms with Crippen LogP contribution in [0.5, 0.6) is 0 Å². The lowest BCUT2D eigenvalue weighted by Crippen LogP contribution is -2.24. The van der Waals surface area contributed by atoms with Gasteiger partial charge in [-0.15, -0.1) is 23.1 Å². The fraction of sp³-hybridized carbons (Fsp3) is 0.312. The number of thiophene rings is 1. The van der Waals surface area contributed by atoms with Crippen LogP contribution in [0, 0.1) is 20.8 Å². The highest BCUT2D eigenvalue weighted by Crippen LogP contribution is 2.27. The fourth-order valence-corrected chi connectivity index (χ4v) is 3.78. The summed E-state index contributed by atoms with van der Waals surface area (Å²) in [5, 5.41) is 4.98. The Balaban J connectivity index is 1.87. The maximum atomic E-state index is 11.9. The Morgan fingerprint density at radius 1 is 1.25 bits per heavy atom. The maximum absolute atomic E-state index is 11.9. The molecule has 0 aliphatic carbocycles. The number of benzene rings is 1. The molecule has 0 aliphatic rings. The van der Waals surface area contributed by atoms with Gasteiger partial charge in [-0.25, -0.2) is 0 Å². The SMILES string of the molecule is Cc1cc(C)c(SCC(=O)NCc2cccs2)c(C)c1. The molecule has 2 nitrogen and oxygen atoms in total. The van der Waals surface area contributed by atoms with Gasteiger partial charge in [0.25, 0.3) is 0 Å². The Hall–Kier alpha value is -1.26. The molecule has 4 heteroatoms. The maximum Gasteiger partial charge on any atom is 0.230 e. The molecule has 0 aliphatic heterocycles. The minimum Gasteiger partial charge on any atom is -0.350 e. The highest BCUT2D eigenvalue weighted by molar-refractivity contribution is 8.00. The average molecular weight is 305 g/mol. The van der Waals surface area contributed by atoms with Crippen molar-refractivity contribution in [2.24, 2.45) is 0 Å². The van der Waals surface area contributed by atoms with Gasteiger partial charge in [-0.2, -0.15) is 0 Å². The fourth-order valence-electron chi connectivity index (χ4n) is 2.18. The Morgan fingerprint density at radius 2 is 1.95 bits per heavy atom. The summed E-state index contributed by atoms with van der Waals surface area (Å²) in [5.74, 6) is 0.554. The van der Waals surface area contributed by atoms with Gasteiger partial charge >= 0.3 is 0 Å². The zero-order valence-corrected chi connectivity index (χ0v) is 13.7. The summed E-state index contributed by atoms with van der Waals surface area (Å²) in [6, 6.07) is 8.37. The van der Waals surface area contributed by atoms with Crippen molar-refractivity contribution >= 4 is 29.0 Å². The Kier molecular flexibility index (Phi) is 5.26. The van der Waals surface area contributed by atoms with Crippen LogP contribution >= 0.6 is 23.1 Å². The van der Waals surface area contributed by atoms with Gasteiger partial charge in [0.15, 0.2) is 0 Å². The van der Waals surface area contributed by atoms with E-state index in [1.807, 2.05) is 17.5 Å². The smallest absolute Gasteiger partial charge is 0.230 e. The van der Waals surface area contributed by atoms with E-state index < -0.39 is 0 Å². The number of carbonyl (C=O) groups excluding carboxylic acids is 1. The molecule has 20 heavy (non-hydrogen) atoms. The molecule has 0 bridgehead atoms. The number of thioether (sulfide) groups is 1. The average Bonchev–Trinajstić information content (AvgIpc) is 2.88. The van der Waals surface area contributed by atoms with E-state index in [0.717, 1.165) is 0 Å². The summed E-state index contributed by atoms with van der Waals surface area (Å²) >= 11 is 3.28. The van der Waals surface area contributed by atoms with E-state index >= 15 is 0 Å². The first-order valence-corrected chi connectivity index (χ1v) is 8.42. The zero-order chi connectivity index (χ0) is 14.5. The van der Waals surface area contributed by atoms with Crippen LogP contribution in [0.1, 0.15) is 21.6 Å². The van der Waals surface area contributed by atoms with Crippen molar-refractivity contribution in [2.75, 3.05) is 5.75 Å². The molecule has 1 aromatic carbocycles. The Morgan fingerprint density at radius 3 is 2.55 bits per heavy atom. The third-order valence-electron chi connectivity index (χ3n) is 2.99. The van der Waals surface area contributed by atoms with Gasteiger partial charge in [0.2, 0.25) is 5.91 Å². The predicted octanol–water partition coefficient (Wildman–Crippen LogP) is 4.08. The molecule has 0 radical (unpaired) electrons. The molecule has 0 saturated heterocycles. The van der Waals surface area contributed by atoms with Crippen LogP contribution in [-0.4, -0.2) is 11.7 Å². The van der Waals surface area contributed by atoms with Gasteiger partial charge in [-0.1, -0.05) is 23.8 Å². The van der Waals surface area contributed by atoms with Crippen molar-refractivity contribution in [2.45, 2.75) is 32.2 Å². The lowest BCUT2D eigenvalue weighted by molar-refractivity contribution is -0.118. The van der Waals surface area contributed by atoms with Crippen LogP contribution in [0.3, 0.4) is 0 Å². The highest BCUT2D eigenvalue weighted by atomic mass is 32.2. The number of rotatable bonds is 5. The molecule has 0 unspecified atom stereocenters. The summed E-state index contributed by atoms with van der Waals surface area (Å²) < 4.78 is 0. The van der Waals surface area contributed by atoms with Crippen LogP contribution in [0.15, 0.2) is 34.5 Å². The van der Waals surface area contributed by atoms with Crippen molar-refractivity contribution in [3.63, 3.8) is 0 Å². The molecule has 0 atom stereocenters. The molecule has 0 fully saturated rings. The minimum absolute atomic E-state index is 0.0859. The number of aryl methyl sites for hydroxylation is 3. The molecular formula is C16H19NOS2. The molecule has 1 amide bonds. The molecule has 2 aromatic rings. The molecule has 1 heterocycles. The molecular weight excluding hydrogens is 286 g/mol. The second kappa shape index (κ2) is 6.95. The molecule has 106 valence electrons. The lowest BCUT2D eigenvalue weighted by Gasteiger charge is -2.10. The van der Waals surface area contributed by atoms with Crippen molar-refractivity contribution in [1.82, 2.24) is 5.32 Å². The largest absolute Gasteiger partial charge is 0.350 e. The second-order valence-electron chi connectivity index (χ2n) is 4.87. The van der Waals surface area contributed by atoms with E-state index in [1.54, 1.807) is 23.1 Å². The van der Waals surface area contributed by atoms with Crippen molar-refractivity contribution in [3.8, 4) is 0 Å². The summed E-state index contributed by atoms with van der Waals surface area (Å²) in [5.41, 5.74) is 3.77. The third-order valence-corrected chi connectivity index (χ3v) is 5.21. The Labute approximate surface area is 128 Å². The van der Waals surface area contributed by atoms with Gasteiger partial charge in [0.1, 0.15) is 0 Å². The van der Waals surface area contributed by atoms with Crippen molar-refractivity contribution < 1.29 is 4.79 Å². The van der Waals surface area contributed by atoms with E-state index in [2.05, 4.69) is 38.2 Å². The van der Waals surface area contributed by atoms with Gasteiger partial charge < -0.3 is 5.32 Å². The zero-order valence-electron chi connectivity index (χ0n) is 12.0. The van der Waals surface area contributed by atoms with Crippen LogP contribution in [-0.2, 0) is 11.3 Å². The third kappa shape index (κ3) is 4.12. The number of hydrogen-bond donors (Lipinski definition) is 1. The van der Waals surface area contributed by atoms with Gasteiger partial charge in [0, 0.05) is 9.77 Å². The Bertz CT molecular complexity index is 568. The van der Waals surface area contributed by atoms with Crippen LogP contribution in [0.4, 0.5) is 0 Å². The monoisotopic (exact) mass is 305 g/mol. The van der Waals surface area contributed by atoms with E-state index in [-0.39, 0.29) is 5.91 Å². The van der Waals surface area contributed by atoms with Gasteiger partial charge in [-0.05, 0) is 43.3 Å². The van der Waals surface area contributed by atoms with Gasteiger partial charge in [-0.3, -0.25) is 4.79 Å². The standard InChI is InChI=1S/C16H19NOS2/c1-11-7-12(2)16(13(3)8-11)20-10-15(18)17-9-14-5-4-6-19-14/h4-8H,9-10H2,1-3H3,(H,17,18). The van der Waals surface area contributed by atoms with Crippen LogP contribution in [0.25, 0.3) is 0 Å². The number of carbonyl (C=O) groups is 1. The predicted molar refractivity (Wildman–Crippen MR) is 87.5 cm³/mol. The first kappa shape index (κ1) is 15.1. The molecule has 1 aromatic heterocycles. The summed E-state index contributed by atoms with van der Waals surface area (Å²) in [4.78, 5) is 14.3. The highest BCUT2D eigenvalue weighted by Gasteiger charge is 2.08. The molecule has 2 rings (SSSR count). The quantitative estimate of drug-likeness (QED) is 0.843. The van der Waals surface area contributed by atoms with Crippen LogP contribution < -0.4 is 5.32 Å². The van der Waals surface area contributed by atoms with Crippen LogP contribution in [0.2, 0.25) is 0 Å². The summed E-state index contributed by atoms with van der Waals surface area (Å²) in [7, 11) is 0. The number of amides is 1. The van der Waals surface area contributed by atoms with E-state index in [9.17, 15) is 4.79 Å². The van der Waals surface area contributed by atoms with Gasteiger partial charge in [0.05, 0.1) is 12.3 Å². The number of hydrogen-bond acceptors (Lipinski definition) is 3. The van der Waals surface area contributed by atoms with E-state index in [0.29, 0.717) is 12.3 Å². The van der Waals surface area contributed by atoms with Crippen molar-refractivity contribution in [3.05, 3.63) is 51.2 Å². The minimum atomic E-state index is 0.0859. The normalized spacial score (nSPS) is 10.6. The van der Waals surface area contributed by atoms with E-state index in [4.69, 9.17) is 0 Å². The summed E-state index contributed by atoms with van der Waals surface area (Å²) in [6.07, 6.45) is 0. The lowest BCUT2D eigenvalue weighted by atomic mass is 10.1. The van der Waals surface area contributed by atoms with Crippen molar-refractivity contribution in [1.29, 1.82) is 0 Å². The van der Waals surface area contributed by atoms with E-state index in [1.165, 1.54) is 26.5 Å². The second-order valence-corrected chi connectivity index (χ2v) is 6.89.